The fraction of sp³-hybridized carbons (Fsp3) is 0.118. The molecule has 0 unspecified atom stereocenters. The van der Waals surface area contributed by atoms with E-state index in [1.807, 2.05) is 12.1 Å². The van der Waals surface area contributed by atoms with Gasteiger partial charge in [0.05, 0.1) is 0 Å². The maximum absolute atomic E-state index is 3.23. The molecule has 0 nitrogen and oxygen atoms in total. The first kappa shape index (κ1) is 11.4. The van der Waals surface area contributed by atoms with Crippen LogP contribution in [0.5, 0.6) is 0 Å². The summed E-state index contributed by atoms with van der Waals surface area (Å²) in [5.74, 6) is 0. The van der Waals surface area contributed by atoms with Crippen molar-refractivity contribution in [2.75, 3.05) is 0 Å². The van der Waals surface area contributed by atoms with Crippen molar-refractivity contribution >= 4 is 0 Å². The first-order chi connectivity index (χ1) is 8.45. The number of benzene rings is 2. The maximum atomic E-state index is 3.23. The summed E-state index contributed by atoms with van der Waals surface area (Å²) in [4.78, 5) is 0. The first-order valence-electron chi connectivity index (χ1n) is 5.92. The van der Waals surface area contributed by atoms with Crippen molar-refractivity contribution in [2.24, 2.45) is 0 Å². The second-order valence-electron chi connectivity index (χ2n) is 3.95. The molecule has 0 fully saturated rings. The molecule has 17 heavy (non-hydrogen) atoms. The van der Waals surface area contributed by atoms with Crippen LogP contribution in [0.4, 0.5) is 0 Å². The Morgan fingerprint density at radius 2 is 1.06 bits per heavy atom. The molecule has 0 aromatic heterocycles. The molecule has 0 N–H and O–H groups in total. The van der Waals surface area contributed by atoms with E-state index < -0.39 is 0 Å². The summed E-state index contributed by atoms with van der Waals surface area (Å²) in [7, 11) is 0. The monoisotopic (exact) mass is 220 g/mol. The summed E-state index contributed by atoms with van der Waals surface area (Å²) in [6.45, 7) is 0. The van der Waals surface area contributed by atoms with Gasteiger partial charge < -0.3 is 0 Å². The average molecular weight is 220 g/mol. The van der Waals surface area contributed by atoms with E-state index in [0.717, 1.165) is 12.8 Å². The quantitative estimate of drug-likeness (QED) is 0.678. The number of allylic oxidation sites excluding steroid dienone is 1. The second kappa shape index (κ2) is 6.52. The summed E-state index contributed by atoms with van der Waals surface area (Å²) >= 11 is 0. The molecule has 2 aromatic rings. The minimum atomic E-state index is 0.951. The molecule has 0 aliphatic rings. The zero-order valence-electron chi connectivity index (χ0n) is 9.84. The van der Waals surface area contributed by atoms with Crippen LogP contribution in [-0.2, 0) is 12.8 Å². The van der Waals surface area contributed by atoms with Gasteiger partial charge in [0, 0.05) is 0 Å². The van der Waals surface area contributed by atoms with E-state index in [1.54, 1.807) is 0 Å². The standard InChI is InChI=1S/C17H16/c1-4-10-16(11-5-1)14-8-3-9-15-17-12-6-2-7-13-17/h1-2,4-13H,14-15H2. The lowest BCUT2D eigenvalue weighted by atomic mass is 10.1. The summed E-state index contributed by atoms with van der Waals surface area (Å²) < 4.78 is 0. The van der Waals surface area contributed by atoms with Gasteiger partial charge in [0.1, 0.15) is 0 Å². The summed E-state index contributed by atoms with van der Waals surface area (Å²) in [5, 5.41) is 0. The first-order valence-corrected chi connectivity index (χ1v) is 5.92. The van der Waals surface area contributed by atoms with Crippen molar-refractivity contribution in [3.05, 3.63) is 89.7 Å². The van der Waals surface area contributed by atoms with E-state index in [9.17, 15) is 0 Å². The molecular weight excluding hydrogens is 204 g/mol. The Hall–Kier alpha value is -2.04. The molecule has 0 atom stereocenters. The minimum Gasteiger partial charge on any atom is -0.129 e. The fourth-order valence-corrected chi connectivity index (χ4v) is 1.67. The fourth-order valence-electron chi connectivity index (χ4n) is 1.67. The Bertz CT molecular complexity index is 443. The highest BCUT2D eigenvalue weighted by Gasteiger charge is 1.85. The Kier molecular flexibility index (Phi) is 4.39. The third-order valence-corrected chi connectivity index (χ3v) is 2.60. The van der Waals surface area contributed by atoms with Crippen LogP contribution in [0.1, 0.15) is 11.1 Å². The molecule has 0 bridgehead atoms. The summed E-state index contributed by atoms with van der Waals surface area (Å²) in [6.07, 6.45) is 6.06. The highest BCUT2D eigenvalue weighted by molar-refractivity contribution is 5.19. The molecule has 0 aliphatic carbocycles. The third-order valence-electron chi connectivity index (χ3n) is 2.60. The van der Waals surface area contributed by atoms with Crippen molar-refractivity contribution in [3.8, 4) is 0 Å². The van der Waals surface area contributed by atoms with Crippen LogP contribution < -0.4 is 0 Å². The van der Waals surface area contributed by atoms with Crippen LogP contribution in [-0.4, -0.2) is 0 Å². The topological polar surface area (TPSA) is 0 Å². The van der Waals surface area contributed by atoms with Crippen molar-refractivity contribution in [1.29, 1.82) is 0 Å². The third kappa shape index (κ3) is 4.14. The van der Waals surface area contributed by atoms with Gasteiger partial charge in [-0.25, -0.2) is 0 Å². The van der Waals surface area contributed by atoms with Gasteiger partial charge in [0.15, 0.2) is 0 Å². The SMILES string of the molecule is C(=CCc1ccccc1)=CCc1ccccc1. The number of hydrogen-bond acceptors (Lipinski definition) is 0. The van der Waals surface area contributed by atoms with Crippen LogP contribution in [0.15, 0.2) is 78.5 Å². The molecule has 0 radical (unpaired) electrons. The lowest BCUT2D eigenvalue weighted by molar-refractivity contribution is 1.25. The van der Waals surface area contributed by atoms with Crippen molar-refractivity contribution in [2.45, 2.75) is 12.8 Å². The molecule has 0 heteroatoms. The molecular formula is C17H16. The number of hydrogen-bond donors (Lipinski definition) is 0. The Morgan fingerprint density at radius 1 is 0.647 bits per heavy atom. The van der Waals surface area contributed by atoms with Gasteiger partial charge in [0.25, 0.3) is 0 Å². The number of rotatable bonds is 4. The molecule has 0 saturated heterocycles. The van der Waals surface area contributed by atoms with E-state index in [-0.39, 0.29) is 0 Å². The highest BCUT2D eigenvalue weighted by Crippen LogP contribution is 2.01. The van der Waals surface area contributed by atoms with E-state index in [2.05, 4.69) is 66.4 Å². The van der Waals surface area contributed by atoms with Crippen LogP contribution in [0, 0.1) is 0 Å². The van der Waals surface area contributed by atoms with Crippen molar-refractivity contribution in [3.63, 3.8) is 0 Å². The van der Waals surface area contributed by atoms with Crippen LogP contribution in [0.2, 0.25) is 0 Å². The molecule has 84 valence electrons. The van der Waals surface area contributed by atoms with Crippen LogP contribution in [0.25, 0.3) is 0 Å². The molecule has 2 aromatic carbocycles. The normalized spacial score (nSPS) is 9.41. The molecule has 0 saturated carbocycles. The van der Waals surface area contributed by atoms with Crippen molar-refractivity contribution < 1.29 is 0 Å². The predicted molar refractivity (Wildman–Crippen MR) is 72.9 cm³/mol. The van der Waals surface area contributed by atoms with Crippen molar-refractivity contribution in [1.82, 2.24) is 0 Å². The Balaban J connectivity index is 1.85. The van der Waals surface area contributed by atoms with E-state index in [1.165, 1.54) is 11.1 Å². The summed E-state index contributed by atoms with van der Waals surface area (Å²) in [5.41, 5.74) is 5.89. The van der Waals surface area contributed by atoms with Gasteiger partial charge in [-0.05, 0) is 36.1 Å². The Morgan fingerprint density at radius 3 is 1.47 bits per heavy atom. The molecule has 0 spiro atoms. The minimum absolute atomic E-state index is 0.951. The summed E-state index contributed by atoms with van der Waals surface area (Å²) in [6, 6.07) is 20.9. The zero-order chi connectivity index (χ0) is 11.8. The lowest BCUT2D eigenvalue weighted by Gasteiger charge is -1.93. The Labute approximate surface area is 103 Å². The largest absolute Gasteiger partial charge is 0.129 e. The van der Waals surface area contributed by atoms with Gasteiger partial charge in [0.2, 0.25) is 0 Å². The lowest BCUT2D eigenvalue weighted by Crippen LogP contribution is -1.78. The van der Waals surface area contributed by atoms with Crippen LogP contribution >= 0.6 is 0 Å². The van der Waals surface area contributed by atoms with Gasteiger partial charge in [-0.1, -0.05) is 60.7 Å². The average Bonchev–Trinajstić information content (AvgIpc) is 2.41. The van der Waals surface area contributed by atoms with E-state index in [0.29, 0.717) is 0 Å². The molecule has 0 heterocycles. The second-order valence-corrected chi connectivity index (χ2v) is 3.95. The predicted octanol–water partition coefficient (Wildman–Crippen LogP) is 4.18. The van der Waals surface area contributed by atoms with Gasteiger partial charge >= 0.3 is 0 Å². The smallest absolute Gasteiger partial charge is 0.00214 e. The van der Waals surface area contributed by atoms with Crippen LogP contribution in [0.3, 0.4) is 0 Å². The van der Waals surface area contributed by atoms with Gasteiger partial charge in [-0.15, -0.1) is 5.73 Å². The molecule has 2 rings (SSSR count). The van der Waals surface area contributed by atoms with E-state index >= 15 is 0 Å². The zero-order valence-corrected chi connectivity index (χ0v) is 9.84. The maximum Gasteiger partial charge on any atom is -0.00214 e. The molecule has 0 amide bonds. The van der Waals surface area contributed by atoms with Gasteiger partial charge in [-0.3, -0.25) is 0 Å². The highest BCUT2D eigenvalue weighted by atomic mass is 13.9. The van der Waals surface area contributed by atoms with E-state index in [4.69, 9.17) is 0 Å². The molecule has 0 aliphatic heterocycles. The van der Waals surface area contributed by atoms with Gasteiger partial charge in [-0.2, -0.15) is 0 Å².